The molecule has 0 aromatic heterocycles. The highest BCUT2D eigenvalue weighted by atomic mass is 32.2. The summed E-state index contributed by atoms with van der Waals surface area (Å²) in [6.45, 7) is 1.76. The predicted molar refractivity (Wildman–Crippen MR) is 45.9 cm³/mol. The molecule has 0 aromatic carbocycles. The molecule has 1 amide bonds. The molecule has 0 bridgehead atoms. The Labute approximate surface area is 72.4 Å². The van der Waals surface area contributed by atoms with Gasteiger partial charge in [-0.2, -0.15) is 0 Å². The zero-order chi connectivity index (χ0) is 9.78. The van der Waals surface area contributed by atoms with Gasteiger partial charge in [-0.1, -0.05) is 0 Å². The van der Waals surface area contributed by atoms with Crippen molar-refractivity contribution in [3.8, 4) is 0 Å². The van der Waals surface area contributed by atoms with E-state index in [1.165, 1.54) is 0 Å². The summed E-state index contributed by atoms with van der Waals surface area (Å²) in [5.74, 6) is -0.505. The number of hydrogen-bond donors (Lipinski definition) is 2. The van der Waals surface area contributed by atoms with Crippen molar-refractivity contribution in [2.75, 3.05) is 6.26 Å². The molecule has 1 atom stereocenters. The summed E-state index contributed by atoms with van der Waals surface area (Å²) < 4.78 is 22.9. The van der Waals surface area contributed by atoms with E-state index in [-0.39, 0.29) is 12.5 Å². The van der Waals surface area contributed by atoms with Gasteiger partial charge in [0, 0.05) is 12.5 Å². The number of sulfonamides is 1. The van der Waals surface area contributed by atoms with E-state index in [1.54, 1.807) is 6.92 Å². The van der Waals surface area contributed by atoms with Crippen LogP contribution in [0.3, 0.4) is 0 Å². The van der Waals surface area contributed by atoms with Crippen LogP contribution in [0.5, 0.6) is 0 Å². The molecule has 0 aliphatic heterocycles. The van der Waals surface area contributed by atoms with Crippen molar-refractivity contribution >= 4 is 15.9 Å². The number of hydrogen-bond acceptors (Lipinski definition) is 4. The molecule has 72 valence electrons. The standard InChI is InChI=1S/C6H14N2O3S/c1-5(7)3-4-6(9)8-12(2,10)11/h5H,3-4,7H2,1-2H3,(H,8,9). The minimum absolute atomic E-state index is 0.0877. The molecule has 0 aromatic rings. The fourth-order valence-electron chi connectivity index (χ4n) is 0.617. The maximum Gasteiger partial charge on any atom is 0.233 e. The Balaban J connectivity index is 3.77. The van der Waals surface area contributed by atoms with Crippen LogP contribution < -0.4 is 10.5 Å². The Hall–Kier alpha value is -0.620. The van der Waals surface area contributed by atoms with E-state index in [9.17, 15) is 13.2 Å². The highest BCUT2D eigenvalue weighted by molar-refractivity contribution is 7.89. The summed E-state index contributed by atoms with van der Waals surface area (Å²) in [4.78, 5) is 10.8. The van der Waals surface area contributed by atoms with Gasteiger partial charge in [0.2, 0.25) is 15.9 Å². The smallest absolute Gasteiger partial charge is 0.233 e. The highest BCUT2D eigenvalue weighted by Crippen LogP contribution is 1.93. The van der Waals surface area contributed by atoms with Crippen molar-refractivity contribution in [2.45, 2.75) is 25.8 Å². The topological polar surface area (TPSA) is 89.3 Å². The Kier molecular flexibility index (Phi) is 4.19. The molecule has 6 heteroatoms. The molecule has 0 spiro atoms. The second kappa shape index (κ2) is 4.42. The van der Waals surface area contributed by atoms with Gasteiger partial charge in [-0.05, 0) is 13.3 Å². The van der Waals surface area contributed by atoms with Gasteiger partial charge in [-0.15, -0.1) is 0 Å². The van der Waals surface area contributed by atoms with Crippen LogP contribution in [-0.4, -0.2) is 26.6 Å². The lowest BCUT2D eigenvalue weighted by atomic mass is 10.2. The number of rotatable bonds is 4. The molecular formula is C6H14N2O3S. The summed E-state index contributed by atoms with van der Waals surface area (Å²) in [6, 6.07) is -0.0877. The Bertz CT molecular complexity index is 246. The van der Waals surface area contributed by atoms with Gasteiger partial charge in [-0.25, -0.2) is 8.42 Å². The first-order valence-corrected chi connectivity index (χ1v) is 5.46. The van der Waals surface area contributed by atoms with Gasteiger partial charge in [0.1, 0.15) is 0 Å². The molecule has 0 saturated carbocycles. The quantitative estimate of drug-likeness (QED) is 0.612. The maximum atomic E-state index is 10.8. The van der Waals surface area contributed by atoms with E-state index in [4.69, 9.17) is 5.73 Å². The van der Waals surface area contributed by atoms with E-state index in [1.807, 2.05) is 4.72 Å². The average Bonchev–Trinajstić information content (AvgIpc) is 1.79. The minimum atomic E-state index is -3.41. The zero-order valence-electron chi connectivity index (χ0n) is 7.20. The second-order valence-corrected chi connectivity index (χ2v) is 4.56. The molecule has 1 unspecified atom stereocenters. The minimum Gasteiger partial charge on any atom is -0.328 e. The predicted octanol–water partition coefficient (Wildman–Crippen LogP) is -0.810. The second-order valence-electron chi connectivity index (χ2n) is 2.81. The van der Waals surface area contributed by atoms with Gasteiger partial charge >= 0.3 is 0 Å². The molecule has 0 rings (SSSR count). The monoisotopic (exact) mass is 194 g/mol. The molecule has 12 heavy (non-hydrogen) atoms. The van der Waals surface area contributed by atoms with Gasteiger partial charge in [0.15, 0.2) is 0 Å². The Morgan fingerprint density at radius 1 is 1.58 bits per heavy atom. The van der Waals surface area contributed by atoms with Crippen molar-refractivity contribution in [1.29, 1.82) is 0 Å². The van der Waals surface area contributed by atoms with Crippen LogP contribution in [0, 0.1) is 0 Å². The normalized spacial score (nSPS) is 13.9. The summed E-state index contributed by atoms with van der Waals surface area (Å²) in [5, 5.41) is 0. The average molecular weight is 194 g/mol. The Morgan fingerprint density at radius 2 is 2.08 bits per heavy atom. The molecule has 0 aliphatic carbocycles. The van der Waals surface area contributed by atoms with Crippen molar-refractivity contribution in [3.63, 3.8) is 0 Å². The van der Waals surface area contributed by atoms with E-state index >= 15 is 0 Å². The summed E-state index contributed by atoms with van der Waals surface area (Å²) in [6.07, 6.45) is 1.57. The van der Waals surface area contributed by atoms with Gasteiger partial charge in [0.05, 0.1) is 6.26 Å². The van der Waals surface area contributed by atoms with E-state index in [0.717, 1.165) is 6.26 Å². The third kappa shape index (κ3) is 7.49. The molecule has 0 radical (unpaired) electrons. The van der Waals surface area contributed by atoms with Crippen molar-refractivity contribution in [3.05, 3.63) is 0 Å². The van der Waals surface area contributed by atoms with Gasteiger partial charge in [-0.3, -0.25) is 9.52 Å². The molecule has 5 nitrogen and oxygen atoms in total. The summed E-state index contributed by atoms with van der Waals surface area (Å²) in [7, 11) is -3.41. The van der Waals surface area contributed by atoms with Crippen LogP contribution >= 0.6 is 0 Å². The number of nitrogens with two attached hydrogens (primary N) is 1. The SMILES string of the molecule is CC(N)CCC(=O)NS(C)(=O)=O. The molecule has 0 heterocycles. The first kappa shape index (κ1) is 11.4. The fourth-order valence-corrected chi connectivity index (χ4v) is 1.13. The number of carbonyl (C=O) groups excluding carboxylic acids is 1. The maximum absolute atomic E-state index is 10.8. The molecule has 0 saturated heterocycles. The van der Waals surface area contributed by atoms with Crippen LogP contribution in [0.15, 0.2) is 0 Å². The molecule has 0 fully saturated rings. The summed E-state index contributed by atoms with van der Waals surface area (Å²) >= 11 is 0. The van der Waals surface area contributed by atoms with Crippen LogP contribution in [0.4, 0.5) is 0 Å². The van der Waals surface area contributed by atoms with E-state index in [2.05, 4.69) is 0 Å². The van der Waals surface area contributed by atoms with E-state index < -0.39 is 15.9 Å². The van der Waals surface area contributed by atoms with E-state index in [0.29, 0.717) is 6.42 Å². The molecular weight excluding hydrogens is 180 g/mol. The highest BCUT2D eigenvalue weighted by Gasteiger charge is 2.08. The van der Waals surface area contributed by atoms with Gasteiger partial charge < -0.3 is 5.73 Å². The lowest BCUT2D eigenvalue weighted by Crippen LogP contribution is -2.30. The Morgan fingerprint density at radius 3 is 2.42 bits per heavy atom. The largest absolute Gasteiger partial charge is 0.328 e. The lowest BCUT2D eigenvalue weighted by Gasteiger charge is -2.04. The van der Waals surface area contributed by atoms with Crippen molar-refractivity contribution in [2.24, 2.45) is 5.73 Å². The number of amides is 1. The third-order valence-electron chi connectivity index (χ3n) is 1.13. The number of nitrogens with one attached hydrogen (secondary N) is 1. The van der Waals surface area contributed by atoms with Crippen LogP contribution in [0.2, 0.25) is 0 Å². The first-order chi connectivity index (χ1) is 5.31. The third-order valence-corrected chi connectivity index (χ3v) is 1.72. The van der Waals surface area contributed by atoms with Crippen molar-refractivity contribution in [1.82, 2.24) is 4.72 Å². The summed E-state index contributed by atoms with van der Waals surface area (Å²) in [5.41, 5.74) is 5.38. The van der Waals surface area contributed by atoms with Crippen LogP contribution in [0.1, 0.15) is 19.8 Å². The van der Waals surface area contributed by atoms with Crippen LogP contribution in [-0.2, 0) is 14.8 Å². The molecule has 3 N–H and O–H groups in total. The van der Waals surface area contributed by atoms with Gasteiger partial charge in [0.25, 0.3) is 0 Å². The van der Waals surface area contributed by atoms with Crippen molar-refractivity contribution < 1.29 is 13.2 Å². The molecule has 0 aliphatic rings. The fraction of sp³-hybridized carbons (Fsp3) is 0.833. The lowest BCUT2D eigenvalue weighted by molar-refractivity contribution is -0.119. The van der Waals surface area contributed by atoms with Crippen LogP contribution in [0.25, 0.3) is 0 Å². The first-order valence-electron chi connectivity index (χ1n) is 3.57. The zero-order valence-corrected chi connectivity index (χ0v) is 8.02. The number of carbonyl (C=O) groups is 1.